The standard InChI is InChI=1S/C14H13N2O/c1-11-4-6-13(7-5-11)14(17)16-10-12-3-2-8-15-9-12/h2-9H,1,10H2,(H,16,17). The lowest BCUT2D eigenvalue weighted by molar-refractivity contribution is 0.0951. The van der Waals surface area contributed by atoms with Crippen LogP contribution in [-0.2, 0) is 6.54 Å². The molecule has 0 saturated carbocycles. The molecule has 0 aliphatic rings. The van der Waals surface area contributed by atoms with Gasteiger partial charge in [0.05, 0.1) is 0 Å². The van der Waals surface area contributed by atoms with E-state index >= 15 is 0 Å². The van der Waals surface area contributed by atoms with Gasteiger partial charge < -0.3 is 5.32 Å². The number of carbonyl (C=O) groups is 1. The second-order valence-electron chi connectivity index (χ2n) is 3.74. The molecule has 0 aliphatic heterocycles. The molecule has 1 heterocycles. The minimum absolute atomic E-state index is 0.0890. The van der Waals surface area contributed by atoms with Gasteiger partial charge in [-0.2, -0.15) is 0 Å². The fourth-order valence-corrected chi connectivity index (χ4v) is 1.44. The van der Waals surface area contributed by atoms with Gasteiger partial charge in [0, 0.05) is 24.5 Å². The van der Waals surface area contributed by atoms with Gasteiger partial charge in [-0.15, -0.1) is 0 Å². The van der Waals surface area contributed by atoms with Crippen molar-refractivity contribution in [3.05, 3.63) is 72.4 Å². The summed E-state index contributed by atoms with van der Waals surface area (Å²) in [5.41, 5.74) is 2.52. The molecule has 0 saturated heterocycles. The van der Waals surface area contributed by atoms with E-state index in [4.69, 9.17) is 0 Å². The van der Waals surface area contributed by atoms with Crippen LogP contribution in [0.15, 0.2) is 48.8 Å². The molecule has 3 heteroatoms. The lowest BCUT2D eigenvalue weighted by Gasteiger charge is -2.05. The third-order valence-electron chi connectivity index (χ3n) is 2.39. The normalized spacial score (nSPS) is 9.94. The van der Waals surface area contributed by atoms with Gasteiger partial charge in [-0.05, 0) is 36.2 Å². The van der Waals surface area contributed by atoms with Crippen LogP contribution in [0.4, 0.5) is 0 Å². The van der Waals surface area contributed by atoms with Gasteiger partial charge in [0.25, 0.3) is 5.91 Å². The maximum atomic E-state index is 11.8. The molecular formula is C14H13N2O. The topological polar surface area (TPSA) is 42.0 Å². The lowest BCUT2D eigenvalue weighted by atomic mass is 10.1. The van der Waals surface area contributed by atoms with Crippen LogP contribution in [-0.4, -0.2) is 10.9 Å². The van der Waals surface area contributed by atoms with E-state index in [1.807, 2.05) is 24.3 Å². The number of benzene rings is 1. The van der Waals surface area contributed by atoms with Crippen LogP contribution < -0.4 is 5.32 Å². The summed E-state index contributed by atoms with van der Waals surface area (Å²) >= 11 is 0. The van der Waals surface area contributed by atoms with E-state index in [9.17, 15) is 4.79 Å². The summed E-state index contributed by atoms with van der Waals surface area (Å²) in [6.45, 7) is 4.26. The average molecular weight is 225 g/mol. The zero-order chi connectivity index (χ0) is 12.1. The van der Waals surface area contributed by atoms with Crippen molar-refractivity contribution >= 4 is 5.91 Å². The zero-order valence-electron chi connectivity index (χ0n) is 9.39. The number of nitrogens with one attached hydrogen (secondary N) is 1. The number of hydrogen-bond acceptors (Lipinski definition) is 2. The first-order valence-corrected chi connectivity index (χ1v) is 5.35. The van der Waals surface area contributed by atoms with Gasteiger partial charge in [-0.3, -0.25) is 9.78 Å². The Kier molecular flexibility index (Phi) is 3.50. The molecule has 0 unspecified atom stereocenters. The van der Waals surface area contributed by atoms with Crippen molar-refractivity contribution in [2.75, 3.05) is 0 Å². The number of nitrogens with zero attached hydrogens (tertiary/aromatic N) is 1. The number of rotatable bonds is 3. The first-order valence-electron chi connectivity index (χ1n) is 5.35. The molecule has 0 bridgehead atoms. The Bertz CT molecular complexity index is 491. The fraction of sp³-hybridized carbons (Fsp3) is 0.0714. The van der Waals surface area contributed by atoms with Crippen LogP contribution in [0.2, 0.25) is 0 Å². The molecular weight excluding hydrogens is 212 g/mol. The predicted molar refractivity (Wildman–Crippen MR) is 66.3 cm³/mol. The minimum atomic E-state index is -0.0890. The molecule has 17 heavy (non-hydrogen) atoms. The Morgan fingerprint density at radius 3 is 2.65 bits per heavy atom. The molecule has 1 amide bonds. The summed E-state index contributed by atoms with van der Waals surface area (Å²) in [5, 5.41) is 2.84. The predicted octanol–water partition coefficient (Wildman–Crippen LogP) is 2.19. The quantitative estimate of drug-likeness (QED) is 0.870. The number of pyridine rings is 1. The first kappa shape index (κ1) is 11.3. The van der Waals surface area contributed by atoms with Crippen molar-refractivity contribution in [3.8, 4) is 0 Å². The molecule has 0 atom stereocenters. The zero-order valence-corrected chi connectivity index (χ0v) is 9.39. The molecule has 1 N–H and O–H groups in total. The molecule has 1 aromatic heterocycles. The number of carbonyl (C=O) groups excluding carboxylic acids is 1. The summed E-state index contributed by atoms with van der Waals surface area (Å²) < 4.78 is 0. The summed E-state index contributed by atoms with van der Waals surface area (Å²) in [5.74, 6) is -0.0890. The van der Waals surface area contributed by atoms with Crippen LogP contribution in [0.3, 0.4) is 0 Å². The molecule has 85 valence electrons. The molecule has 1 aromatic carbocycles. The molecule has 0 fully saturated rings. The monoisotopic (exact) mass is 225 g/mol. The maximum Gasteiger partial charge on any atom is 0.251 e. The summed E-state index contributed by atoms with van der Waals surface area (Å²) in [7, 11) is 0. The van der Waals surface area contributed by atoms with Gasteiger partial charge in [0.15, 0.2) is 0 Å². The highest BCUT2D eigenvalue weighted by Gasteiger charge is 2.04. The Hall–Kier alpha value is -2.16. The average Bonchev–Trinajstić information content (AvgIpc) is 2.38. The molecule has 3 nitrogen and oxygen atoms in total. The first-order chi connectivity index (χ1) is 8.25. The van der Waals surface area contributed by atoms with E-state index in [0.29, 0.717) is 12.1 Å². The summed E-state index contributed by atoms with van der Waals surface area (Å²) in [4.78, 5) is 15.8. The highest BCUT2D eigenvalue weighted by molar-refractivity contribution is 5.94. The van der Waals surface area contributed by atoms with Gasteiger partial charge >= 0.3 is 0 Å². The van der Waals surface area contributed by atoms with Crippen molar-refractivity contribution in [1.29, 1.82) is 0 Å². The van der Waals surface area contributed by atoms with Crippen LogP contribution >= 0.6 is 0 Å². The van der Waals surface area contributed by atoms with Gasteiger partial charge in [-0.1, -0.05) is 18.2 Å². The Labute approximate surface area is 101 Å². The van der Waals surface area contributed by atoms with E-state index in [1.165, 1.54) is 0 Å². The van der Waals surface area contributed by atoms with Crippen LogP contribution in [0.1, 0.15) is 21.5 Å². The summed E-state index contributed by atoms with van der Waals surface area (Å²) in [6.07, 6.45) is 3.44. The molecule has 0 aliphatic carbocycles. The molecule has 2 aromatic rings. The van der Waals surface area contributed by atoms with Gasteiger partial charge in [0.2, 0.25) is 0 Å². The van der Waals surface area contributed by atoms with Crippen molar-refractivity contribution in [3.63, 3.8) is 0 Å². The molecule has 2 rings (SSSR count). The van der Waals surface area contributed by atoms with Crippen molar-refractivity contribution in [1.82, 2.24) is 10.3 Å². The van der Waals surface area contributed by atoms with Crippen molar-refractivity contribution < 1.29 is 4.79 Å². The van der Waals surface area contributed by atoms with Crippen molar-refractivity contribution in [2.24, 2.45) is 0 Å². The van der Waals surface area contributed by atoms with E-state index in [-0.39, 0.29) is 5.91 Å². The number of hydrogen-bond donors (Lipinski definition) is 1. The smallest absolute Gasteiger partial charge is 0.251 e. The van der Waals surface area contributed by atoms with Gasteiger partial charge in [0.1, 0.15) is 0 Å². The third-order valence-corrected chi connectivity index (χ3v) is 2.39. The van der Waals surface area contributed by atoms with E-state index in [2.05, 4.69) is 17.2 Å². The highest BCUT2D eigenvalue weighted by atomic mass is 16.1. The third kappa shape index (κ3) is 3.14. The van der Waals surface area contributed by atoms with E-state index in [1.54, 1.807) is 24.5 Å². The molecule has 1 radical (unpaired) electrons. The van der Waals surface area contributed by atoms with E-state index in [0.717, 1.165) is 11.1 Å². The van der Waals surface area contributed by atoms with Crippen LogP contribution in [0.5, 0.6) is 0 Å². The Balaban J connectivity index is 1.96. The van der Waals surface area contributed by atoms with Crippen LogP contribution in [0.25, 0.3) is 0 Å². The van der Waals surface area contributed by atoms with Gasteiger partial charge in [-0.25, -0.2) is 0 Å². The second-order valence-corrected chi connectivity index (χ2v) is 3.74. The SMILES string of the molecule is [CH2]c1ccc(C(=O)NCc2cccnc2)cc1. The fourth-order valence-electron chi connectivity index (χ4n) is 1.44. The Morgan fingerprint density at radius 2 is 2.00 bits per heavy atom. The minimum Gasteiger partial charge on any atom is -0.348 e. The summed E-state index contributed by atoms with van der Waals surface area (Å²) in [6, 6.07) is 10.9. The number of aromatic nitrogens is 1. The van der Waals surface area contributed by atoms with Crippen molar-refractivity contribution in [2.45, 2.75) is 6.54 Å². The maximum absolute atomic E-state index is 11.8. The number of amides is 1. The Morgan fingerprint density at radius 1 is 1.24 bits per heavy atom. The lowest BCUT2D eigenvalue weighted by Crippen LogP contribution is -2.22. The highest BCUT2D eigenvalue weighted by Crippen LogP contribution is 2.03. The van der Waals surface area contributed by atoms with E-state index < -0.39 is 0 Å². The molecule has 0 spiro atoms. The largest absolute Gasteiger partial charge is 0.348 e. The second kappa shape index (κ2) is 5.25. The van der Waals surface area contributed by atoms with Crippen LogP contribution in [0, 0.1) is 6.92 Å².